The number of aromatic nitrogens is 3. The van der Waals surface area contributed by atoms with Crippen LogP contribution in [0.1, 0.15) is 36.5 Å². The van der Waals surface area contributed by atoms with Crippen molar-refractivity contribution >= 4 is 29.9 Å². The molecule has 0 aliphatic carbocycles. The van der Waals surface area contributed by atoms with Gasteiger partial charge in [-0.1, -0.05) is 6.42 Å². The molecule has 9 nitrogen and oxygen atoms in total. The Balaban J connectivity index is 0.00000306. The van der Waals surface area contributed by atoms with Gasteiger partial charge in [0.05, 0.1) is 20.8 Å². The minimum Gasteiger partial charge on any atom is -0.497 e. The molecule has 1 aromatic heterocycles. The van der Waals surface area contributed by atoms with Crippen molar-refractivity contribution in [2.24, 2.45) is 4.99 Å². The number of methoxy groups -OCH3 is 2. The average molecular weight is 569 g/mol. The zero-order valence-corrected chi connectivity index (χ0v) is 22.2. The molecule has 2 aliphatic heterocycles. The van der Waals surface area contributed by atoms with Crippen molar-refractivity contribution in [1.29, 1.82) is 0 Å². The van der Waals surface area contributed by atoms with E-state index in [2.05, 4.69) is 40.9 Å². The predicted octanol–water partition coefficient (Wildman–Crippen LogP) is 2.53. The molecule has 10 heteroatoms. The molecule has 1 aromatic carbocycles. The third kappa shape index (κ3) is 6.28. The van der Waals surface area contributed by atoms with Crippen LogP contribution in [0.5, 0.6) is 11.5 Å². The largest absolute Gasteiger partial charge is 0.497 e. The SMILES string of the molecule is CN=C(NCc1nnc2n1CCCCC2)N1CCN(Cc2cc(OC)ccc2OC)CC1.I. The molecule has 0 atom stereocenters. The number of nitrogens with one attached hydrogen (secondary N) is 1. The Morgan fingerprint density at radius 3 is 2.58 bits per heavy atom. The number of ether oxygens (including phenoxy) is 2. The van der Waals surface area contributed by atoms with E-state index in [-0.39, 0.29) is 24.0 Å². The number of piperazine rings is 1. The van der Waals surface area contributed by atoms with Gasteiger partial charge >= 0.3 is 0 Å². The monoisotopic (exact) mass is 569 g/mol. The minimum atomic E-state index is 0. The number of hydrogen-bond donors (Lipinski definition) is 1. The van der Waals surface area contributed by atoms with Gasteiger partial charge in [-0.3, -0.25) is 9.89 Å². The molecule has 2 aliphatic rings. The van der Waals surface area contributed by atoms with Crippen molar-refractivity contribution in [1.82, 2.24) is 29.9 Å². The van der Waals surface area contributed by atoms with Gasteiger partial charge in [0, 0.05) is 58.3 Å². The molecule has 2 aromatic rings. The Kier molecular flexibility index (Phi) is 9.60. The lowest BCUT2D eigenvalue weighted by Gasteiger charge is -2.36. The van der Waals surface area contributed by atoms with Crippen LogP contribution in [0.4, 0.5) is 0 Å². The second-order valence-corrected chi connectivity index (χ2v) is 8.34. The van der Waals surface area contributed by atoms with Crippen molar-refractivity contribution < 1.29 is 9.47 Å². The van der Waals surface area contributed by atoms with Gasteiger partial charge in [0.1, 0.15) is 17.3 Å². The Morgan fingerprint density at radius 2 is 1.85 bits per heavy atom. The highest BCUT2D eigenvalue weighted by atomic mass is 127. The van der Waals surface area contributed by atoms with Crippen LogP contribution >= 0.6 is 24.0 Å². The summed E-state index contributed by atoms with van der Waals surface area (Å²) in [5.74, 6) is 4.81. The highest BCUT2D eigenvalue weighted by Crippen LogP contribution is 2.25. The molecule has 0 unspecified atom stereocenters. The van der Waals surface area contributed by atoms with Gasteiger partial charge in [-0.05, 0) is 31.0 Å². The van der Waals surface area contributed by atoms with E-state index in [0.717, 1.165) is 80.4 Å². The predicted molar refractivity (Wildman–Crippen MR) is 140 cm³/mol. The lowest BCUT2D eigenvalue weighted by molar-refractivity contribution is 0.171. The van der Waals surface area contributed by atoms with Crippen LogP contribution in [0.2, 0.25) is 0 Å². The molecular formula is C23H36IN7O2. The van der Waals surface area contributed by atoms with Gasteiger partial charge in [-0.15, -0.1) is 34.2 Å². The number of benzene rings is 1. The molecule has 1 N–H and O–H groups in total. The molecule has 182 valence electrons. The minimum absolute atomic E-state index is 0. The zero-order chi connectivity index (χ0) is 22.3. The number of aliphatic imine (C=N–C) groups is 1. The molecule has 0 saturated carbocycles. The van der Waals surface area contributed by atoms with Crippen LogP contribution in [0, 0.1) is 0 Å². The second-order valence-electron chi connectivity index (χ2n) is 8.34. The molecular weight excluding hydrogens is 533 g/mol. The number of nitrogens with zero attached hydrogens (tertiary/aromatic N) is 6. The smallest absolute Gasteiger partial charge is 0.194 e. The second kappa shape index (κ2) is 12.4. The lowest BCUT2D eigenvalue weighted by Crippen LogP contribution is -2.52. The van der Waals surface area contributed by atoms with Crippen LogP contribution in [0.15, 0.2) is 23.2 Å². The first-order valence-electron chi connectivity index (χ1n) is 11.5. The number of fused-ring (bicyclic) bond motifs is 1. The van der Waals surface area contributed by atoms with Gasteiger partial charge < -0.3 is 24.3 Å². The number of aryl methyl sites for hydroxylation is 1. The molecule has 0 bridgehead atoms. The molecule has 1 saturated heterocycles. The Labute approximate surface area is 213 Å². The number of rotatable bonds is 6. The summed E-state index contributed by atoms with van der Waals surface area (Å²) >= 11 is 0. The van der Waals surface area contributed by atoms with Gasteiger partial charge in [0.15, 0.2) is 11.8 Å². The molecule has 0 amide bonds. The number of guanidine groups is 1. The van der Waals surface area contributed by atoms with Crippen molar-refractivity contribution in [2.45, 2.75) is 45.3 Å². The molecule has 0 spiro atoms. The maximum absolute atomic E-state index is 5.54. The standard InChI is InChI=1S/C23H35N7O2.HI/c1-24-23(25-16-22-27-26-21-7-5-4-6-10-30(21)22)29-13-11-28(12-14-29)17-18-15-19(31-2)8-9-20(18)32-3;/h8-9,15H,4-7,10-14,16-17H2,1-3H3,(H,24,25);1H. The van der Waals surface area contributed by atoms with E-state index in [0.29, 0.717) is 6.54 Å². The van der Waals surface area contributed by atoms with E-state index >= 15 is 0 Å². The van der Waals surface area contributed by atoms with E-state index < -0.39 is 0 Å². The van der Waals surface area contributed by atoms with Gasteiger partial charge in [-0.25, -0.2) is 0 Å². The van der Waals surface area contributed by atoms with Crippen molar-refractivity contribution in [3.05, 3.63) is 35.4 Å². The Morgan fingerprint density at radius 1 is 1.03 bits per heavy atom. The van der Waals surface area contributed by atoms with Crippen LogP contribution in [-0.4, -0.2) is 78.0 Å². The fourth-order valence-corrected chi connectivity index (χ4v) is 4.53. The summed E-state index contributed by atoms with van der Waals surface area (Å²) < 4.78 is 13.2. The first-order chi connectivity index (χ1) is 15.7. The van der Waals surface area contributed by atoms with E-state index in [9.17, 15) is 0 Å². The third-order valence-electron chi connectivity index (χ3n) is 6.36. The van der Waals surface area contributed by atoms with Crippen molar-refractivity contribution in [3.8, 4) is 11.5 Å². The van der Waals surface area contributed by atoms with Gasteiger partial charge in [0.2, 0.25) is 0 Å². The summed E-state index contributed by atoms with van der Waals surface area (Å²) in [6.45, 7) is 6.27. The van der Waals surface area contributed by atoms with E-state index in [1.54, 1.807) is 14.2 Å². The van der Waals surface area contributed by atoms with Crippen molar-refractivity contribution in [3.63, 3.8) is 0 Å². The van der Waals surface area contributed by atoms with Gasteiger partial charge in [0.25, 0.3) is 0 Å². The first kappa shape index (κ1) is 25.5. The highest BCUT2D eigenvalue weighted by molar-refractivity contribution is 14.0. The Hall–Kier alpha value is -2.08. The summed E-state index contributed by atoms with van der Waals surface area (Å²) in [4.78, 5) is 9.28. The van der Waals surface area contributed by atoms with Crippen LogP contribution < -0.4 is 14.8 Å². The van der Waals surface area contributed by atoms with Crippen LogP contribution in [0.3, 0.4) is 0 Å². The molecule has 1 fully saturated rings. The third-order valence-corrected chi connectivity index (χ3v) is 6.36. The summed E-state index contributed by atoms with van der Waals surface area (Å²) in [5, 5.41) is 12.3. The maximum Gasteiger partial charge on any atom is 0.194 e. The van der Waals surface area contributed by atoms with Crippen LogP contribution in [0.25, 0.3) is 0 Å². The fourth-order valence-electron chi connectivity index (χ4n) is 4.53. The molecule has 4 rings (SSSR count). The Bertz CT molecular complexity index is 926. The normalized spacial score (nSPS) is 17.1. The first-order valence-corrected chi connectivity index (χ1v) is 11.5. The molecule has 0 radical (unpaired) electrons. The van der Waals surface area contributed by atoms with Crippen molar-refractivity contribution in [2.75, 3.05) is 47.4 Å². The summed E-state index contributed by atoms with van der Waals surface area (Å²) in [6, 6.07) is 5.97. The van der Waals surface area contributed by atoms with E-state index in [1.807, 2.05) is 19.2 Å². The number of hydrogen-bond acceptors (Lipinski definition) is 6. The topological polar surface area (TPSA) is 80.0 Å². The zero-order valence-electron chi connectivity index (χ0n) is 19.9. The van der Waals surface area contributed by atoms with E-state index in [4.69, 9.17) is 9.47 Å². The average Bonchev–Trinajstić information content (AvgIpc) is 3.06. The molecule has 3 heterocycles. The lowest BCUT2D eigenvalue weighted by atomic mass is 10.1. The summed E-state index contributed by atoms with van der Waals surface area (Å²) in [7, 11) is 5.26. The van der Waals surface area contributed by atoms with E-state index in [1.165, 1.54) is 19.3 Å². The summed E-state index contributed by atoms with van der Waals surface area (Å²) in [6.07, 6.45) is 4.71. The fraction of sp³-hybridized carbons (Fsp3) is 0.609. The highest BCUT2D eigenvalue weighted by Gasteiger charge is 2.22. The quantitative estimate of drug-likeness (QED) is 0.326. The maximum atomic E-state index is 5.54. The van der Waals surface area contributed by atoms with Gasteiger partial charge in [-0.2, -0.15) is 0 Å². The van der Waals surface area contributed by atoms with Crippen LogP contribution in [-0.2, 0) is 26.1 Å². The summed E-state index contributed by atoms with van der Waals surface area (Å²) in [5.41, 5.74) is 1.15. The number of halogens is 1. The molecule has 33 heavy (non-hydrogen) atoms.